The van der Waals surface area contributed by atoms with E-state index in [1.807, 2.05) is 0 Å². The molecule has 6 nitrogen and oxygen atoms in total. The zero-order valence-corrected chi connectivity index (χ0v) is 15.9. The summed E-state index contributed by atoms with van der Waals surface area (Å²) in [5.41, 5.74) is -0.583. The first kappa shape index (κ1) is 18.4. The van der Waals surface area contributed by atoms with Crippen LogP contribution in [0.4, 0.5) is 0 Å². The molecule has 0 radical (unpaired) electrons. The normalized spacial score (nSPS) is 17.9. The molecule has 1 saturated heterocycles. The summed E-state index contributed by atoms with van der Waals surface area (Å²) in [6.07, 6.45) is 0. The number of sulfonamides is 1. The van der Waals surface area contributed by atoms with Crippen LogP contribution in [0.3, 0.4) is 0 Å². The van der Waals surface area contributed by atoms with E-state index in [4.69, 9.17) is 4.84 Å². The van der Waals surface area contributed by atoms with E-state index >= 15 is 0 Å². The topological polar surface area (TPSA) is 66.9 Å². The molecule has 1 fully saturated rings. The van der Waals surface area contributed by atoms with Crippen molar-refractivity contribution in [1.82, 2.24) is 9.37 Å². The molecule has 0 atom stereocenters. The van der Waals surface area contributed by atoms with Crippen molar-refractivity contribution < 1.29 is 18.0 Å². The molecule has 2 rings (SSSR count). The third-order valence-corrected chi connectivity index (χ3v) is 5.91. The van der Waals surface area contributed by atoms with Crippen molar-refractivity contribution in [3.8, 4) is 0 Å². The monoisotopic (exact) mass is 404 g/mol. The summed E-state index contributed by atoms with van der Waals surface area (Å²) >= 11 is 3.29. The third-order valence-electron chi connectivity index (χ3n) is 3.47. The molecule has 0 unspecified atom stereocenters. The summed E-state index contributed by atoms with van der Waals surface area (Å²) in [6, 6.07) is 6.55. The van der Waals surface area contributed by atoms with Crippen LogP contribution in [0.5, 0.6) is 0 Å². The summed E-state index contributed by atoms with van der Waals surface area (Å²) in [4.78, 5) is 17.4. The van der Waals surface area contributed by atoms with Gasteiger partial charge in [-0.1, -0.05) is 15.9 Å². The number of benzene rings is 1. The Bertz CT molecular complexity index is 660. The fourth-order valence-corrected chi connectivity index (χ4v) is 3.70. The van der Waals surface area contributed by atoms with Crippen LogP contribution in [0, 0.1) is 5.41 Å². The highest BCUT2D eigenvalue weighted by Gasteiger charge is 2.32. The van der Waals surface area contributed by atoms with E-state index < -0.39 is 15.4 Å². The smallest absolute Gasteiger partial charge is 0.330 e. The lowest BCUT2D eigenvalue weighted by molar-refractivity contribution is -0.204. The standard InChI is InChI=1S/C15H21BrN2O4S/c1-15(2,3)14(19)22-17-8-10-18(11-9-17)23(20,21)13-6-4-12(16)5-7-13/h4-7H,8-11H2,1-3H3. The van der Waals surface area contributed by atoms with Crippen molar-refractivity contribution in [2.24, 2.45) is 5.41 Å². The maximum absolute atomic E-state index is 12.6. The lowest BCUT2D eigenvalue weighted by Crippen LogP contribution is -2.49. The lowest BCUT2D eigenvalue weighted by atomic mass is 9.98. The van der Waals surface area contributed by atoms with E-state index in [0.717, 1.165) is 4.47 Å². The molecule has 1 aromatic rings. The third kappa shape index (κ3) is 4.53. The SMILES string of the molecule is CC(C)(C)C(=O)ON1CCN(S(=O)(=O)c2ccc(Br)cc2)CC1. The van der Waals surface area contributed by atoms with Gasteiger partial charge in [0.15, 0.2) is 0 Å². The summed E-state index contributed by atoms with van der Waals surface area (Å²) < 4.78 is 27.4. The number of hydrogen-bond acceptors (Lipinski definition) is 5. The number of nitrogens with zero attached hydrogens (tertiary/aromatic N) is 2. The molecule has 0 aliphatic carbocycles. The van der Waals surface area contributed by atoms with Gasteiger partial charge in [-0.05, 0) is 45.0 Å². The molecule has 128 valence electrons. The number of halogens is 1. The molecule has 1 aliphatic rings. The van der Waals surface area contributed by atoms with Gasteiger partial charge in [-0.15, -0.1) is 5.06 Å². The van der Waals surface area contributed by atoms with Crippen LogP contribution in [0.25, 0.3) is 0 Å². The maximum Gasteiger partial charge on any atom is 0.330 e. The van der Waals surface area contributed by atoms with Crippen LogP contribution >= 0.6 is 15.9 Å². The van der Waals surface area contributed by atoms with Gasteiger partial charge in [0, 0.05) is 30.7 Å². The second-order valence-electron chi connectivity index (χ2n) is 6.42. The number of rotatable bonds is 3. The molecule has 0 bridgehead atoms. The summed E-state index contributed by atoms with van der Waals surface area (Å²) in [5, 5.41) is 1.53. The Kier molecular flexibility index (Phi) is 5.50. The Balaban J connectivity index is 1.98. The van der Waals surface area contributed by atoms with Gasteiger partial charge in [0.25, 0.3) is 0 Å². The van der Waals surface area contributed by atoms with Gasteiger partial charge < -0.3 is 4.84 Å². The first-order valence-electron chi connectivity index (χ1n) is 7.34. The van der Waals surface area contributed by atoms with Crippen LogP contribution in [-0.4, -0.2) is 49.9 Å². The Morgan fingerprint density at radius 1 is 1.09 bits per heavy atom. The van der Waals surface area contributed by atoms with E-state index in [0.29, 0.717) is 13.1 Å². The summed E-state index contributed by atoms with van der Waals surface area (Å²) in [7, 11) is -3.51. The lowest BCUT2D eigenvalue weighted by Gasteiger charge is -2.33. The molecular formula is C15H21BrN2O4S. The first-order chi connectivity index (χ1) is 10.6. The second-order valence-corrected chi connectivity index (χ2v) is 9.27. The van der Waals surface area contributed by atoms with E-state index in [9.17, 15) is 13.2 Å². The van der Waals surface area contributed by atoms with Gasteiger partial charge in [0.2, 0.25) is 10.0 Å². The first-order valence-corrected chi connectivity index (χ1v) is 9.57. The minimum Gasteiger partial charge on any atom is -0.367 e. The molecule has 1 aliphatic heterocycles. The predicted molar refractivity (Wildman–Crippen MR) is 90.0 cm³/mol. The molecular weight excluding hydrogens is 384 g/mol. The van der Waals surface area contributed by atoms with Crippen LogP contribution < -0.4 is 0 Å². The zero-order valence-electron chi connectivity index (χ0n) is 13.5. The van der Waals surface area contributed by atoms with Gasteiger partial charge in [0.05, 0.1) is 10.3 Å². The van der Waals surface area contributed by atoms with Crippen molar-refractivity contribution in [3.63, 3.8) is 0 Å². The van der Waals surface area contributed by atoms with Gasteiger partial charge in [-0.3, -0.25) is 0 Å². The van der Waals surface area contributed by atoms with E-state index in [-0.39, 0.29) is 24.0 Å². The van der Waals surface area contributed by atoms with Gasteiger partial charge in [0.1, 0.15) is 0 Å². The Morgan fingerprint density at radius 2 is 1.61 bits per heavy atom. The van der Waals surface area contributed by atoms with Gasteiger partial charge >= 0.3 is 5.97 Å². The molecule has 0 amide bonds. The number of hydroxylamine groups is 2. The quantitative estimate of drug-likeness (QED) is 0.772. The van der Waals surface area contributed by atoms with Gasteiger partial charge in [-0.25, -0.2) is 13.2 Å². The summed E-state index contributed by atoms with van der Waals surface area (Å²) in [6.45, 7) is 6.64. The number of hydrogen-bond donors (Lipinski definition) is 0. The number of piperazine rings is 1. The fraction of sp³-hybridized carbons (Fsp3) is 0.533. The maximum atomic E-state index is 12.6. The zero-order chi connectivity index (χ0) is 17.3. The highest BCUT2D eigenvalue weighted by Crippen LogP contribution is 2.21. The fourth-order valence-electron chi connectivity index (χ4n) is 2.01. The second kappa shape index (κ2) is 6.88. The van der Waals surface area contributed by atoms with Gasteiger partial charge in [-0.2, -0.15) is 4.31 Å². The van der Waals surface area contributed by atoms with Crippen LogP contribution in [0.15, 0.2) is 33.6 Å². The molecule has 0 spiro atoms. The van der Waals surface area contributed by atoms with Crippen molar-refractivity contribution in [1.29, 1.82) is 0 Å². The molecule has 1 heterocycles. The largest absolute Gasteiger partial charge is 0.367 e. The number of carbonyl (C=O) groups excluding carboxylic acids is 1. The highest BCUT2D eigenvalue weighted by molar-refractivity contribution is 9.10. The predicted octanol–water partition coefficient (Wildman–Crippen LogP) is 2.26. The Hall–Kier alpha value is -0.960. The van der Waals surface area contributed by atoms with E-state index in [1.54, 1.807) is 45.0 Å². The van der Waals surface area contributed by atoms with Crippen molar-refractivity contribution in [2.45, 2.75) is 25.7 Å². The van der Waals surface area contributed by atoms with E-state index in [1.165, 1.54) is 9.37 Å². The van der Waals surface area contributed by atoms with Crippen LogP contribution in [-0.2, 0) is 19.7 Å². The molecule has 0 saturated carbocycles. The Morgan fingerprint density at radius 3 is 2.09 bits per heavy atom. The molecule has 0 aromatic heterocycles. The molecule has 1 aromatic carbocycles. The summed E-state index contributed by atoms with van der Waals surface area (Å²) in [5.74, 6) is -0.318. The molecule has 8 heteroatoms. The average Bonchev–Trinajstić information content (AvgIpc) is 2.47. The minimum absolute atomic E-state index is 0.265. The highest BCUT2D eigenvalue weighted by atomic mass is 79.9. The van der Waals surface area contributed by atoms with E-state index in [2.05, 4.69) is 15.9 Å². The van der Waals surface area contributed by atoms with Crippen LogP contribution in [0.2, 0.25) is 0 Å². The van der Waals surface area contributed by atoms with Crippen molar-refractivity contribution >= 4 is 31.9 Å². The number of carbonyl (C=O) groups is 1. The van der Waals surface area contributed by atoms with Crippen LogP contribution in [0.1, 0.15) is 20.8 Å². The molecule has 23 heavy (non-hydrogen) atoms. The minimum atomic E-state index is -3.51. The van der Waals surface area contributed by atoms with Crippen molar-refractivity contribution in [2.75, 3.05) is 26.2 Å². The molecule has 0 N–H and O–H groups in total. The Labute approximate surface area is 145 Å². The van der Waals surface area contributed by atoms with Crippen molar-refractivity contribution in [3.05, 3.63) is 28.7 Å². The average molecular weight is 405 g/mol.